The average Bonchev–Trinajstić information content (AvgIpc) is 2.43. The van der Waals surface area contributed by atoms with Gasteiger partial charge in [-0.05, 0) is 38.0 Å². The van der Waals surface area contributed by atoms with E-state index in [1.54, 1.807) is 0 Å². The lowest BCUT2D eigenvalue weighted by Crippen LogP contribution is -2.29. The van der Waals surface area contributed by atoms with Crippen LogP contribution in [0.4, 0.5) is 0 Å². The maximum atomic E-state index is 11.6. The van der Waals surface area contributed by atoms with Gasteiger partial charge in [-0.3, -0.25) is 4.79 Å². The van der Waals surface area contributed by atoms with Gasteiger partial charge in [-0.1, -0.05) is 19.1 Å². The molecule has 4 heteroatoms. The summed E-state index contributed by atoms with van der Waals surface area (Å²) in [5, 5.41) is 0. The van der Waals surface area contributed by atoms with Crippen molar-refractivity contribution in [2.75, 3.05) is 7.11 Å². The van der Waals surface area contributed by atoms with Crippen LogP contribution in [-0.4, -0.2) is 25.2 Å². The zero-order valence-corrected chi connectivity index (χ0v) is 12.8. The minimum atomic E-state index is -0.242. The molecule has 0 bridgehead atoms. The van der Waals surface area contributed by atoms with E-state index in [0.29, 0.717) is 0 Å². The minimum absolute atomic E-state index is 0.0526. The maximum Gasteiger partial charge on any atom is 0.306 e. The highest BCUT2D eigenvalue weighted by atomic mass is 16.5. The molecule has 1 rings (SSSR count). The molecule has 0 spiro atoms. The first-order valence-corrected chi connectivity index (χ1v) is 7.06. The second kappa shape index (κ2) is 7.90. The van der Waals surface area contributed by atoms with Gasteiger partial charge < -0.3 is 15.2 Å². The lowest BCUT2D eigenvalue weighted by molar-refractivity contribution is -0.141. The summed E-state index contributed by atoms with van der Waals surface area (Å²) in [6, 6.07) is 7.71. The van der Waals surface area contributed by atoms with Gasteiger partial charge in [0.15, 0.2) is 0 Å². The van der Waals surface area contributed by atoms with Gasteiger partial charge in [0.2, 0.25) is 0 Å². The van der Waals surface area contributed by atoms with Crippen LogP contribution in [0.5, 0.6) is 5.75 Å². The first-order valence-electron chi connectivity index (χ1n) is 7.06. The van der Waals surface area contributed by atoms with Crippen LogP contribution in [0.25, 0.3) is 0 Å². The van der Waals surface area contributed by atoms with E-state index in [2.05, 4.69) is 0 Å². The lowest BCUT2D eigenvalue weighted by atomic mass is 9.87. The van der Waals surface area contributed by atoms with Crippen molar-refractivity contribution in [3.63, 3.8) is 0 Å². The van der Waals surface area contributed by atoms with Crippen LogP contribution in [0, 0.1) is 0 Å². The fraction of sp³-hybridized carbons (Fsp3) is 0.562. The summed E-state index contributed by atoms with van der Waals surface area (Å²) >= 11 is 0. The van der Waals surface area contributed by atoms with Crippen molar-refractivity contribution in [1.29, 1.82) is 0 Å². The molecule has 1 aromatic carbocycles. The lowest BCUT2D eigenvalue weighted by Gasteiger charge is -2.23. The highest BCUT2D eigenvalue weighted by Gasteiger charge is 2.22. The number of benzene rings is 1. The number of esters is 1. The molecule has 0 aliphatic rings. The van der Waals surface area contributed by atoms with Gasteiger partial charge in [-0.25, -0.2) is 0 Å². The van der Waals surface area contributed by atoms with Gasteiger partial charge in [-0.2, -0.15) is 0 Å². The van der Waals surface area contributed by atoms with E-state index >= 15 is 0 Å². The topological polar surface area (TPSA) is 61.6 Å². The Labute approximate surface area is 121 Å². The minimum Gasteiger partial charge on any atom is -0.491 e. The molecule has 112 valence electrons. The molecule has 2 atom stereocenters. The second-order valence-electron chi connectivity index (χ2n) is 5.20. The number of hydrogen-bond acceptors (Lipinski definition) is 4. The fourth-order valence-electron chi connectivity index (χ4n) is 2.15. The molecule has 4 nitrogen and oxygen atoms in total. The van der Waals surface area contributed by atoms with E-state index in [1.807, 2.05) is 45.0 Å². The normalized spacial score (nSPS) is 13.9. The van der Waals surface area contributed by atoms with Gasteiger partial charge in [0.25, 0.3) is 0 Å². The molecule has 0 radical (unpaired) electrons. The third-order valence-corrected chi connectivity index (χ3v) is 3.26. The zero-order chi connectivity index (χ0) is 15.1. The molecule has 0 aromatic heterocycles. The predicted octanol–water partition coefficient (Wildman–Crippen LogP) is 2.86. The molecule has 0 saturated heterocycles. The van der Waals surface area contributed by atoms with E-state index < -0.39 is 0 Å². The first kappa shape index (κ1) is 16.5. The number of methoxy groups -OCH3 is 1. The SMILES string of the molecule is CCC(N)C(CC(=O)OC)c1cccc(OC(C)C)c1. The molecule has 2 N–H and O–H groups in total. The monoisotopic (exact) mass is 279 g/mol. The molecule has 0 aliphatic heterocycles. The van der Waals surface area contributed by atoms with E-state index in [0.717, 1.165) is 17.7 Å². The van der Waals surface area contributed by atoms with Gasteiger partial charge in [0, 0.05) is 12.0 Å². The number of hydrogen-bond donors (Lipinski definition) is 1. The summed E-state index contributed by atoms with van der Waals surface area (Å²) in [4.78, 5) is 11.6. The summed E-state index contributed by atoms with van der Waals surface area (Å²) in [5.74, 6) is 0.507. The second-order valence-corrected chi connectivity index (χ2v) is 5.20. The van der Waals surface area contributed by atoms with Gasteiger partial charge in [0.1, 0.15) is 5.75 Å². The highest BCUT2D eigenvalue weighted by molar-refractivity contribution is 5.70. The van der Waals surface area contributed by atoms with Crippen LogP contribution in [0.15, 0.2) is 24.3 Å². The number of carbonyl (C=O) groups is 1. The Kier molecular flexibility index (Phi) is 6.52. The number of rotatable bonds is 7. The Morgan fingerprint density at radius 2 is 2.05 bits per heavy atom. The van der Waals surface area contributed by atoms with E-state index in [4.69, 9.17) is 15.2 Å². The molecule has 2 unspecified atom stereocenters. The molecule has 0 amide bonds. The van der Waals surface area contributed by atoms with E-state index in [1.165, 1.54) is 7.11 Å². The van der Waals surface area contributed by atoms with Crippen molar-refractivity contribution in [1.82, 2.24) is 0 Å². The van der Waals surface area contributed by atoms with Crippen LogP contribution < -0.4 is 10.5 Å². The van der Waals surface area contributed by atoms with Crippen molar-refractivity contribution in [2.45, 2.75) is 51.7 Å². The van der Waals surface area contributed by atoms with Gasteiger partial charge in [0.05, 0.1) is 19.6 Å². The Balaban J connectivity index is 2.97. The Morgan fingerprint density at radius 1 is 1.35 bits per heavy atom. The molecule has 0 saturated carbocycles. The highest BCUT2D eigenvalue weighted by Crippen LogP contribution is 2.28. The van der Waals surface area contributed by atoms with E-state index in [9.17, 15) is 4.79 Å². The largest absolute Gasteiger partial charge is 0.491 e. The predicted molar refractivity (Wildman–Crippen MR) is 79.8 cm³/mol. The fourth-order valence-corrected chi connectivity index (χ4v) is 2.15. The number of ether oxygens (including phenoxy) is 2. The third kappa shape index (κ3) is 4.85. The molecular formula is C16H25NO3. The maximum absolute atomic E-state index is 11.6. The smallest absolute Gasteiger partial charge is 0.306 e. The standard InChI is InChI=1S/C16H25NO3/c1-5-15(17)14(10-16(18)19-4)12-7-6-8-13(9-12)20-11(2)3/h6-9,11,14-15H,5,10,17H2,1-4H3. The van der Waals surface area contributed by atoms with Gasteiger partial charge >= 0.3 is 5.97 Å². The summed E-state index contributed by atoms with van der Waals surface area (Å²) in [5.41, 5.74) is 7.17. The molecule has 0 fully saturated rings. The van der Waals surface area contributed by atoms with Crippen LogP contribution in [0.2, 0.25) is 0 Å². The van der Waals surface area contributed by atoms with Crippen LogP contribution in [0.3, 0.4) is 0 Å². The molecule has 20 heavy (non-hydrogen) atoms. The first-order chi connectivity index (χ1) is 9.47. The summed E-state index contributed by atoms with van der Waals surface area (Å²) in [6.45, 7) is 5.98. The van der Waals surface area contributed by atoms with Crippen molar-refractivity contribution in [3.8, 4) is 5.75 Å². The van der Waals surface area contributed by atoms with Crippen LogP contribution in [-0.2, 0) is 9.53 Å². The summed E-state index contributed by atoms with van der Waals surface area (Å²) < 4.78 is 10.5. The number of carbonyl (C=O) groups excluding carboxylic acids is 1. The van der Waals surface area contributed by atoms with E-state index in [-0.39, 0.29) is 30.5 Å². The van der Waals surface area contributed by atoms with Crippen molar-refractivity contribution < 1.29 is 14.3 Å². The quantitative estimate of drug-likeness (QED) is 0.780. The molecule has 1 aromatic rings. The van der Waals surface area contributed by atoms with Crippen molar-refractivity contribution in [3.05, 3.63) is 29.8 Å². The number of nitrogens with two attached hydrogens (primary N) is 1. The third-order valence-electron chi connectivity index (χ3n) is 3.26. The Morgan fingerprint density at radius 3 is 2.60 bits per heavy atom. The van der Waals surface area contributed by atoms with Crippen molar-refractivity contribution in [2.24, 2.45) is 5.73 Å². The molecule has 0 heterocycles. The van der Waals surface area contributed by atoms with Crippen molar-refractivity contribution >= 4 is 5.97 Å². The Bertz CT molecular complexity index is 431. The summed E-state index contributed by atoms with van der Waals surface area (Å²) in [6.07, 6.45) is 1.21. The summed E-state index contributed by atoms with van der Waals surface area (Å²) in [7, 11) is 1.40. The Hall–Kier alpha value is -1.55. The average molecular weight is 279 g/mol. The molecule has 0 aliphatic carbocycles. The van der Waals surface area contributed by atoms with Crippen LogP contribution >= 0.6 is 0 Å². The molecular weight excluding hydrogens is 254 g/mol. The van der Waals surface area contributed by atoms with Crippen LogP contribution in [0.1, 0.15) is 45.1 Å². The zero-order valence-electron chi connectivity index (χ0n) is 12.8. The van der Waals surface area contributed by atoms with Gasteiger partial charge in [-0.15, -0.1) is 0 Å².